The number of thioether (sulfide) groups is 1. The third-order valence-electron chi connectivity index (χ3n) is 2.97. The van der Waals surface area contributed by atoms with E-state index in [4.69, 9.17) is 5.11 Å². The van der Waals surface area contributed by atoms with Crippen molar-refractivity contribution in [3.8, 4) is 5.69 Å². The van der Waals surface area contributed by atoms with Crippen molar-refractivity contribution in [3.05, 3.63) is 47.8 Å². The van der Waals surface area contributed by atoms with Gasteiger partial charge in [-0.25, -0.2) is 9.48 Å². The van der Waals surface area contributed by atoms with E-state index in [0.29, 0.717) is 23.0 Å². The first-order valence-corrected chi connectivity index (χ1v) is 8.19. The number of hydrogen-bond donors (Lipinski definition) is 2. The molecule has 0 fully saturated rings. The fourth-order valence-corrected chi connectivity index (χ4v) is 2.52. The van der Waals surface area contributed by atoms with Crippen LogP contribution in [0.4, 0.5) is 13.2 Å². The molecule has 1 aromatic heterocycles. The number of carboxylic acids is 1. The third-order valence-corrected chi connectivity index (χ3v) is 3.97. The molecule has 0 saturated heterocycles. The van der Waals surface area contributed by atoms with E-state index < -0.39 is 23.8 Å². The van der Waals surface area contributed by atoms with Gasteiger partial charge in [-0.05, 0) is 23.8 Å². The number of nitrogens with zero attached hydrogens (tertiary/aromatic N) is 2. The lowest BCUT2D eigenvalue weighted by molar-refractivity contribution is -0.118. The molecule has 0 atom stereocenters. The molecule has 2 aromatic rings. The van der Waals surface area contributed by atoms with Crippen LogP contribution in [0.3, 0.4) is 0 Å². The summed E-state index contributed by atoms with van der Waals surface area (Å²) in [5.74, 6) is -2.98. The summed E-state index contributed by atoms with van der Waals surface area (Å²) in [6.07, 6.45) is -2.80. The van der Waals surface area contributed by atoms with Gasteiger partial charge < -0.3 is 10.4 Å². The van der Waals surface area contributed by atoms with Gasteiger partial charge in [0.05, 0.1) is 17.2 Å². The van der Waals surface area contributed by atoms with Crippen LogP contribution < -0.4 is 5.32 Å². The highest BCUT2D eigenvalue weighted by molar-refractivity contribution is 8.00. The van der Waals surface area contributed by atoms with Crippen LogP contribution in [0.25, 0.3) is 5.69 Å². The summed E-state index contributed by atoms with van der Waals surface area (Å²) in [4.78, 5) is 22.4. The van der Waals surface area contributed by atoms with Crippen molar-refractivity contribution in [1.29, 1.82) is 0 Å². The van der Waals surface area contributed by atoms with Gasteiger partial charge in [-0.3, -0.25) is 4.79 Å². The van der Waals surface area contributed by atoms with Crippen LogP contribution in [-0.4, -0.2) is 44.4 Å². The van der Waals surface area contributed by atoms with Gasteiger partial charge in [-0.15, -0.1) is 11.8 Å². The molecule has 1 heterocycles. The average molecular weight is 373 g/mol. The molecule has 1 aromatic carbocycles. The number of rotatable bonds is 7. The van der Waals surface area contributed by atoms with E-state index in [1.165, 1.54) is 16.9 Å². The van der Waals surface area contributed by atoms with E-state index in [1.54, 1.807) is 24.3 Å². The highest BCUT2D eigenvalue weighted by atomic mass is 32.2. The summed E-state index contributed by atoms with van der Waals surface area (Å²) >= 11 is 0.502. The van der Waals surface area contributed by atoms with Crippen LogP contribution in [0.15, 0.2) is 36.5 Å². The van der Waals surface area contributed by atoms with Gasteiger partial charge in [-0.2, -0.15) is 18.3 Å². The van der Waals surface area contributed by atoms with Crippen LogP contribution in [0.1, 0.15) is 16.1 Å². The Labute approximate surface area is 145 Å². The predicted molar refractivity (Wildman–Crippen MR) is 85.8 cm³/mol. The zero-order chi connectivity index (χ0) is 18.4. The maximum absolute atomic E-state index is 12.0. The van der Waals surface area contributed by atoms with Gasteiger partial charge in [0.2, 0.25) is 5.91 Å². The highest BCUT2D eigenvalue weighted by Crippen LogP contribution is 2.20. The Hall–Kier alpha value is -2.49. The molecule has 134 valence electrons. The summed E-state index contributed by atoms with van der Waals surface area (Å²) in [7, 11) is 0. The van der Waals surface area contributed by atoms with Crippen molar-refractivity contribution in [3.63, 3.8) is 0 Å². The summed E-state index contributed by atoms with van der Waals surface area (Å²) in [5, 5.41) is 15.3. The Morgan fingerprint density at radius 3 is 2.68 bits per heavy atom. The lowest BCUT2D eigenvalue weighted by Gasteiger charge is -2.08. The number of alkyl halides is 3. The first kappa shape index (κ1) is 18.8. The number of benzene rings is 1. The second kappa shape index (κ2) is 8.06. The molecule has 25 heavy (non-hydrogen) atoms. The second-order valence-electron chi connectivity index (χ2n) is 5.01. The molecule has 0 unspecified atom stereocenters. The van der Waals surface area contributed by atoms with Gasteiger partial charge >= 0.3 is 12.1 Å². The molecule has 2 rings (SSSR count). The number of aromatic carboxylic acids is 1. The first-order chi connectivity index (χ1) is 11.7. The number of amides is 1. The molecule has 0 bridgehead atoms. The molecule has 0 radical (unpaired) electrons. The normalized spacial score (nSPS) is 11.3. The fourth-order valence-electron chi connectivity index (χ4n) is 1.90. The maximum atomic E-state index is 12.0. The van der Waals surface area contributed by atoms with Gasteiger partial charge in [0.1, 0.15) is 0 Å². The summed E-state index contributed by atoms with van der Waals surface area (Å²) < 4.78 is 37.4. The van der Waals surface area contributed by atoms with Crippen LogP contribution in [-0.2, 0) is 11.3 Å². The van der Waals surface area contributed by atoms with Crippen LogP contribution in [0.5, 0.6) is 0 Å². The Morgan fingerprint density at radius 1 is 1.28 bits per heavy atom. The van der Waals surface area contributed by atoms with Crippen LogP contribution in [0.2, 0.25) is 0 Å². The lowest BCUT2D eigenvalue weighted by atomic mass is 10.2. The van der Waals surface area contributed by atoms with Crippen LogP contribution in [0, 0.1) is 0 Å². The molecule has 0 saturated carbocycles. The number of carboxylic acid groups (broad SMARTS) is 1. The van der Waals surface area contributed by atoms with Crippen molar-refractivity contribution in [2.24, 2.45) is 0 Å². The van der Waals surface area contributed by atoms with Crippen molar-refractivity contribution >= 4 is 23.6 Å². The molecular formula is C15H14F3N3O3S. The van der Waals surface area contributed by atoms with Gasteiger partial charge in [-0.1, -0.05) is 12.1 Å². The minimum Gasteiger partial charge on any atom is -0.476 e. The summed E-state index contributed by atoms with van der Waals surface area (Å²) in [5.41, 5.74) is 1.21. The fraction of sp³-hybridized carbons (Fsp3) is 0.267. The van der Waals surface area contributed by atoms with E-state index in [9.17, 15) is 22.8 Å². The van der Waals surface area contributed by atoms with Crippen molar-refractivity contribution < 1.29 is 27.9 Å². The first-order valence-electron chi connectivity index (χ1n) is 7.04. The van der Waals surface area contributed by atoms with E-state index in [2.05, 4.69) is 10.4 Å². The number of hydrogen-bond acceptors (Lipinski definition) is 4. The Balaban J connectivity index is 1.90. The topological polar surface area (TPSA) is 84.2 Å². The van der Waals surface area contributed by atoms with Gasteiger partial charge in [0.25, 0.3) is 0 Å². The maximum Gasteiger partial charge on any atom is 0.397 e. The molecule has 0 aliphatic rings. The molecule has 0 spiro atoms. The van der Waals surface area contributed by atoms with Gasteiger partial charge in [0.15, 0.2) is 5.69 Å². The van der Waals surface area contributed by atoms with Crippen LogP contribution >= 0.6 is 11.8 Å². The average Bonchev–Trinajstić information content (AvgIpc) is 3.02. The molecular weight excluding hydrogens is 359 g/mol. The van der Waals surface area contributed by atoms with Crippen molar-refractivity contribution in [1.82, 2.24) is 15.1 Å². The van der Waals surface area contributed by atoms with Crippen molar-refractivity contribution in [2.45, 2.75) is 12.7 Å². The number of carbonyl (C=O) groups excluding carboxylic acids is 1. The lowest BCUT2D eigenvalue weighted by Crippen LogP contribution is -2.25. The number of carbonyl (C=O) groups is 2. The predicted octanol–water partition coefficient (Wildman–Crippen LogP) is 2.48. The second-order valence-corrected chi connectivity index (χ2v) is 5.99. The largest absolute Gasteiger partial charge is 0.476 e. The molecule has 10 heteroatoms. The Morgan fingerprint density at radius 2 is 2.04 bits per heavy atom. The van der Waals surface area contributed by atoms with Gasteiger partial charge in [0, 0.05) is 12.7 Å². The molecule has 0 aliphatic carbocycles. The summed E-state index contributed by atoms with van der Waals surface area (Å²) in [6, 6.07) is 8.20. The third kappa shape index (κ3) is 6.14. The minimum absolute atomic E-state index is 0.0969. The summed E-state index contributed by atoms with van der Waals surface area (Å²) in [6.45, 7) is 0.145. The quantitative estimate of drug-likeness (QED) is 0.779. The zero-order valence-corrected chi connectivity index (χ0v) is 13.6. The van der Waals surface area contributed by atoms with E-state index in [0.717, 1.165) is 0 Å². The minimum atomic E-state index is -4.29. The number of aromatic nitrogens is 2. The Bertz CT molecular complexity index is 762. The molecule has 6 nitrogen and oxygen atoms in total. The molecule has 0 aliphatic heterocycles. The Kier molecular flexibility index (Phi) is 6.07. The molecule has 2 N–H and O–H groups in total. The zero-order valence-electron chi connectivity index (χ0n) is 12.8. The van der Waals surface area contributed by atoms with E-state index in [-0.39, 0.29) is 18.0 Å². The monoisotopic (exact) mass is 373 g/mol. The van der Waals surface area contributed by atoms with E-state index >= 15 is 0 Å². The molecule has 1 amide bonds. The van der Waals surface area contributed by atoms with Crippen molar-refractivity contribution in [2.75, 3.05) is 11.5 Å². The number of halogens is 3. The standard InChI is InChI=1S/C15H14F3N3O3S/c16-15(17,18)9-25-8-13(22)19-7-10-2-1-3-11(6-10)21-5-4-12(20-21)14(23)24/h1-6H,7-9H2,(H,19,22)(H,23,24). The SMILES string of the molecule is O=C(CSCC(F)(F)F)NCc1cccc(-n2ccc(C(=O)O)n2)c1. The van der Waals surface area contributed by atoms with E-state index in [1.807, 2.05) is 0 Å². The smallest absolute Gasteiger partial charge is 0.397 e. The highest BCUT2D eigenvalue weighted by Gasteiger charge is 2.27. The number of nitrogens with one attached hydrogen (secondary N) is 1.